The quantitative estimate of drug-likeness (QED) is 0.567. The normalized spacial score (nSPS) is 21.8. The van der Waals surface area contributed by atoms with Crippen molar-refractivity contribution in [2.24, 2.45) is 0 Å². The van der Waals surface area contributed by atoms with Crippen molar-refractivity contribution < 1.29 is 0 Å². The monoisotopic (exact) mass is 172 g/mol. The lowest BCUT2D eigenvalue weighted by Crippen LogP contribution is -2.14. The summed E-state index contributed by atoms with van der Waals surface area (Å²) in [6.45, 7) is 12.1. The maximum absolute atomic E-state index is 2.48. The Hall–Kier alpha value is 0.430. The van der Waals surface area contributed by atoms with Crippen LogP contribution in [0.3, 0.4) is 0 Å². The molecular weight excluding hydrogens is 151 g/mol. The van der Waals surface area contributed by atoms with Crippen LogP contribution in [-0.4, -0.2) is 16.5 Å². The van der Waals surface area contributed by atoms with E-state index in [1.54, 1.807) is 0 Å². The highest BCUT2D eigenvalue weighted by molar-refractivity contribution is 7.61. The van der Waals surface area contributed by atoms with Crippen LogP contribution in [0.1, 0.15) is 47.5 Å². The molecule has 0 N–H and O–H groups in total. The molecule has 0 aromatic heterocycles. The molecule has 66 valence electrons. The molecule has 1 saturated carbocycles. The van der Waals surface area contributed by atoms with Gasteiger partial charge in [-0.3, -0.25) is 0 Å². The van der Waals surface area contributed by atoms with Gasteiger partial charge in [-0.1, -0.05) is 42.5 Å². The Labute approximate surface area is 72.5 Å². The largest absolute Gasteiger partial charge is 0.0954 e. The van der Waals surface area contributed by atoms with Crippen molar-refractivity contribution in [2.75, 3.05) is 0 Å². The highest BCUT2D eigenvalue weighted by Gasteiger charge is 2.46. The summed E-state index contributed by atoms with van der Waals surface area (Å²) in [5.74, 6) is 0. The Morgan fingerprint density at radius 3 is 1.45 bits per heavy atom. The van der Waals surface area contributed by atoms with Gasteiger partial charge in [-0.15, -0.1) is 0 Å². The van der Waals surface area contributed by atoms with E-state index in [9.17, 15) is 0 Å². The molecule has 1 rings (SSSR count). The predicted octanol–water partition coefficient (Wildman–Crippen LogP) is 3.84. The summed E-state index contributed by atoms with van der Waals surface area (Å²) in [6.07, 6.45) is 2.99. The van der Waals surface area contributed by atoms with E-state index in [0.717, 1.165) is 16.5 Å². The molecular formula is C10H21P. The fourth-order valence-electron chi connectivity index (χ4n) is 2.28. The lowest BCUT2D eigenvalue weighted by molar-refractivity contribution is 0.916. The Morgan fingerprint density at radius 2 is 1.36 bits per heavy atom. The SMILES string of the molecule is CC(C)P(C(C)C)C1(C)CC1. The third kappa shape index (κ3) is 1.96. The van der Waals surface area contributed by atoms with Crippen molar-refractivity contribution in [1.29, 1.82) is 0 Å². The van der Waals surface area contributed by atoms with Crippen LogP contribution >= 0.6 is 7.92 Å². The molecule has 1 aliphatic rings. The topological polar surface area (TPSA) is 0 Å². The van der Waals surface area contributed by atoms with E-state index >= 15 is 0 Å². The zero-order valence-electron chi connectivity index (χ0n) is 8.52. The fraction of sp³-hybridized carbons (Fsp3) is 1.00. The van der Waals surface area contributed by atoms with Gasteiger partial charge in [0.1, 0.15) is 0 Å². The summed E-state index contributed by atoms with van der Waals surface area (Å²) < 4.78 is 0. The fourth-order valence-corrected chi connectivity index (χ4v) is 6.60. The molecule has 0 aliphatic heterocycles. The van der Waals surface area contributed by atoms with Crippen molar-refractivity contribution in [3.8, 4) is 0 Å². The van der Waals surface area contributed by atoms with Crippen molar-refractivity contribution in [2.45, 2.75) is 63.9 Å². The standard InChI is InChI=1S/C10H21P/c1-8(2)11(9(3)4)10(5)6-7-10/h8-9H,6-7H2,1-5H3. The third-order valence-electron chi connectivity index (χ3n) is 2.71. The minimum Gasteiger partial charge on any atom is -0.0954 e. The smallest absolute Gasteiger partial charge is 0.0117 e. The van der Waals surface area contributed by atoms with Crippen LogP contribution in [0, 0.1) is 0 Å². The summed E-state index contributed by atoms with van der Waals surface area (Å²) in [5, 5.41) is 0.775. The number of hydrogen-bond acceptors (Lipinski definition) is 0. The molecule has 11 heavy (non-hydrogen) atoms. The molecule has 0 aromatic carbocycles. The minimum absolute atomic E-state index is 0.291. The maximum Gasteiger partial charge on any atom is -0.0117 e. The Balaban J connectivity index is 2.60. The lowest BCUT2D eigenvalue weighted by atomic mass is 10.5. The molecule has 0 saturated heterocycles. The van der Waals surface area contributed by atoms with E-state index in [4.69, 9.17) is 0 Å². The van der Waals surface area contributed by atoms with Gasteiger partial charge >= 0.3 is 0 Å². The lowest BCUT2D eigenvalue weighted by Gasteiger charge is -2.32. The van der Waals surface area contributed by atoms with Gasteiger partial charge in [-0.2, -0.15) is 0 Å². The van der Waals surface area contributed by atoms with E-state index in [1.165, 1.54) is 12.8 Å². The van der Waals surface area contributed by atoms with Gasteiger partial charge in [0.05, 0.1) is 0 Å². The molecule has 0 heterocycles. The van der Waals surface area contributed by atoms with Crippen molar-refractivity contribution >= 4 is 7.92 Å². The second-order valence-electron chi connectivity index (χ2n) is 4.59. The van der Waals surface area contributed by atoms with Crippen molar-refractivity contribution in [1.82, 2.24) is 0 Å². The first-order chi connectivity index (χ1) is 4.97. The average Bonchev–Trinajstić information content (AvgIpc) is 2.44. The van der Waals surface area contributed by atoms with Crippen LogP contribution < -0.4 is 0 Å². The van der Waals surface area contributed by atoms with Crippen molar-refractivity contribution in [3.63, 3.8) is 0 Å². The van der Waals surface area contributed by atoms with Crippen LogP contribution in [0.5, 0.6) is 0 Å². The van der Waals surface area contributed by atoms with Gasteiger partial charge in [0.15, 0.2) is 0 Å². The first-order valence-corrected chi connectivity index (χ1v) is 6.24. The van der Waals surface area contributed by atoms with Gasteiger partial charge in [0.25, 0.3) is 0 Å². The van der Waals surface area contributed by atoms with Gasteiger partial charge in [-0.05, 0) is 29.3 Å². The van der Waals surface area contributed by atoms with Crippen LogP contribution in [0.2, 0.25) is 0 Å². The molecule has 0 amide bonds. The summed E-state index contributed by atoms with van der Waals surface area (Å²) in [5.41, 5.74) is 1.86. The third-order valence-corrected chi connectivity index (χ3v) is 6.63. The van der Waals surface area contributed by atoms with Crippen LogP contribution in [0.4, 0.5) is 0 Å². The molecule has 0 atom stereocenters. The molecule has 1 aliphatic carbocycles. The molecule has 0 nitrogen and oxygen atoms in total. The van der Waals surface area contributed by atoms with Gasteiger partial charge < -0.3 is 0 Å². The average molecular weight is 172 g/mol. The van der Waals surface area contributed by atoms with Crippen LogP contribution in [-0.2, 0) is 0 Å². The second-order valence-corrected chi connectivity index (χ2v) is 8.55. The highest BCUT2D eigenvalue weighted by Crippen LogP contribution is 2.68. The molecule has 0 radical (unpaired) electrons. The molecule has 0 spiro atoms. The molecule has 0 unspecified atom stereocenters. The zero-order chi connectivity index (χ0) is 8.65. The molecule has 1 fully saturated rings. The highest BCUT2D eigenvalue weighted by atomic mass is 31.1. The number of hydrogen-bond donors (Lipinski definition) is 0. The van der Waals surface area contributed by atoms with Crippen LogP contribution in [0.25, 0.3) is 0 Å². The maximum atomic E-state index is 2.48. The van der Waals surface area contributed by atoms with E-state index in [2.05, 4.69) is 34.6 Å². The Kier molecular flexibility index (Phi) is 2.64. The summed E-state index contributed by atoms with van der Waals surface area (Å²) in [7, 11) is 0.291. The van der Waals surface area contributed by atoms with Gasteiger partial charge in [0, 0.05) is 0 Å². The van der Waals surface area contributed by atoms with E-state index in [1.807, 2.05) is 0 Å². The predicted molar refractivity (Wildman–Crippen MR) is 54.8 cm³/mol. The van der Waals surface area contributed by atoms with E-state index in [0.29, 0.717) is 7.92 Å². The summed E-state index contributed by atoms with van der Waals surface area (Å²) >= 11 is 0. The zero-order valence-corrected chi connectivity index (χ0v) is 9.41. The first-order valence-electron chi connectivity index (χ1n) is 4.76. The Bertz CT molecular complexity index is 126. The first kappa shape index (κ1) is 9.52. The second kappa shape index (κ2) is 3.05. The minimum atomic E-state index is 0.291. The van der Waals surface area contributed by atoms with E-state index in [-0.39, 0.29) is 0 Å². The number of rotatable bonds is 3. The van der Waals surface area contributed by atoms with Gasteiger partial charge in [-0.25, -0.2) is 0 Å². The summed E-state index contributed by atoms with van der Waals surface area (Å²) in [6, 6.07) is 0. The van der Waals surface area contributed by atoms with Crippen LogP contribution in [0.15, 0.2) is 0 Å². The molecule has 1 heteroatoms. The molecule has 0 aromatic rings. The molecule has 0 bridgehead atoms. The summed E-state index contributed by atoms with van der Waals surface area (Å²) in [4.78, 5) is 0. The van der Waals surface area contributed by atoms with Gasteiger partial charge in [0.2, 0.25) is 0 Å². The Morgan fingerprint density at radius 1 is 1.00 bits per heavy atom. The van der Waals surface area contributed by atoms with E-state index < -0.39 is 0 Å². The van der Waals surface area contributed by atoms with Crippen molar-refractivity contribution in [3.05, 3.63) is 0 Å².